The lowest BCUT2D eigenvalue weighted by Gasteiger charge is -2.20. The Morgan fingerprint density at radius 1 is 1.04 bits per heavy atom. The predicted octanol–water partition coefficient (Wildman–Crippen LogP) is 4.63. The van der Waals surface area contributed by atoms with Crippen molar-refractivity contribution in [2.75, 3.05) is 14.1 Å². The average Bonchev–Trinajstić information content (AvgIpc) is 3.05. The molecule has 136 valence electrons. The Balaban J connectivity index is 1.93. The Bertz CT molecular complexity index is 857. The molecule has 2 aromatic carbocycles. The minimum atomic E-state index is -0.252. The molecular weight excluding hydrogens is 347 g/mol. The highest BCUT2D eigenvalue weighted by atomic mass is 32.2. The number of nitrogens with zero attached hydrogens (tertiary/aromatic N) is 4. The summed E-state index contributed by atoms with van der Waals surface area (Å²) in [5.41, 5.74) is 3.35. The Hall–Kier alpha value is -2.18. The molecule has 0 unspecified atom stereocenters. The molecule has 26 heavy (non-hydrogen) atoms. The number of halogens is 1. The topological polar surface area (TPSA) is 34.0 Å². The van der Waals surface area contributed by atoms with E-state index in [0.29, 0.717) is 0 Å². The van der Waals surface area contributed by atoms with E-state index in [1.807, 2.05) is 18.7 Å². The number of thioether (sulfide) groups is 1. The van der Waals surface area contributed by atoms with Gasteiger partial charge in [0.15, 0.2) is 11.0 Å². The standard InChI is InChI=1S/C20H23FN4S/c1-14-5-7-16(8-6-14)13-26-20-23-22-19(15(2)24(3)4)25(20)18-11-9-17(21)10-12-18/h5-12,15H,13H2,1-4H3/t15-/m1/s1. The van der Waals surface area contributed by atoms with Gasteiger partial charge >= 0.3 is 0 Å². The Labute approximate surface area is 158 Å². The summed E-state index contributed by atoms with van der Waals surface area (Å²) in [4.78, 5) is 2.08. The molecule has 0 bridgehead atoms. The minimum absolute atomic E-state index is 0.0845. The van der Waals surface area contributed by atoms with Crippen LogP contribution in [0.2, 0.25) is 0 Å². The minimum Gasteiger partial charge on any atom is -0.300 e. The zero-order valence-corrected chi connectivity index (χ0v) is 16.3. The van der Waals surface area contributed by atoms with Gasteiger partial charge < -0.3 is 0 Å². The Morgan fingerprint density at radius 3 is 2.31 bits per heavy atom. The maximum Gasteiger partial charge on any atom is 0.196 e. The van der Waals surface area contributed by atoms with Gasteiger partial charge in [-0.25, -0.2) is 4.39 Å². The summed E-state index contributed by atoms with van der Waals surface area (Å²) in [6, 6.07) is 15.0. The summed E-state index contributed by atoms with van der Waals surface area (Å²) in [6.45, 7) is 4.16. The van der Waals surface area contributed by atoms with Crippen LogP contribution in [0.3, 0.4) is 0 Å². The summed E-state index contributed by atoms with van der Waals surface area (Å²) < 4.78 is 15.4. The summed E-state index contributed by atoms with van der Waals surface area (Å²) >= 11 is 1.63. The number of rotatable bonds is 6. The zero-order valence-electron chi connectivity index (χ0n) is 15.5. The molecule has 1 atom stereocenters. The van der Waals surface area contributed by atoms with E-state index in [1.54, 1.807) is 23.9 Å². The molecular formula is C20H23FN4S. The molecule has 0 aliphatic carbocycles. The second-order valence-corrected chi connectivity index (χ2v) is 7.51. The normalized spacial score (nSPS) is 12.5. The molecule has 0 amide bonds. The van der Waals surface area contributed by atoms with Gasteiger partial charge in [-0.1, -0.05) is 41.6 Å². The van der Waals surface area contributed by atoms with Crippen LogP contribution in [0.1, 0.15) is 29.9 Å². The second kappa shape index (κ2) is 8.01. The third-order valence-electron chi connectivity index (χ3n) is 4.38. The molecule has 0 fully saturated rings. The lowest BCUT2D eigenvalue weighted by atomic mass is 10.2. The maximum atomic E-state index is 13.4. The van der Waals surface area contributed by atoms with Gasteiger partial charge in [0.05, 0.1) is 6.04 Å². The summed E-state index contributed by atoms with van der Waals surface area (Å²) in [6.07, 6.45) is 0. The fourth-order valence-electron chi connectivity index (χ4n) is 2.54. The Kier molecular flexibility index (Phi) is 5.74. The molecule has 4 nitrogen and oxygen atoms in total. The summed E-state index contributed by atoms with van der Waals surface area (Å²) in [5.74, 6) is 1.39. The number of benzene rings is 2. The third-order valence-corrected chi connectivity index (χ3v) is 5.38. The molecule has 0 saturated heterocycles. The van der Waals surface area contributed by atoms with E-state index in [1.165, 1.54) is 23.3 Å². The van der Waals surface area contributed by atoms with Crippen LogP contribution in [0.4, 0.5) is 4.39 Å². The van der Waals surface area contributed by atoms with E-state index in [2.05, 4.69) is 53.2 Å². The predicted molar refractivity (Wildman–Crippen MR) is 104 cm³/mol. The average molecular weight is 370 g/mol. The van der Waals surface area contributed by atoms with E-state index in [0.717, 1.165) is 22.4 Å². The smallest absolute Gasteiger partial charge is 0.196 e. The number of hydrogen-bond donors (Lipinski definition) is 0. The van der Waals surface area contributed by atoms with Crippen LogP contribution >= 0.6 is 11.8 Å². The Morgan fingerprint density at radius 2 is 1.69 bits per heavy atom. The molecule has 3 rings (SSSR count). The molecule has 0 aliphatic rings. The van der Waals surface area contributed by atoms with Gasteiger partial charge in [0.1, 0.15) is 5.82 Å². The first-order chi connectivity index (χ1) is 12.5. The zero-order chi connectivity index (χ0) is 18.7. The van der Waals surface area contributed by atoms with Crippen LogP contribution < -0.4 is 0 Å². The second-order valence-electron chi connectivity index (χ2n) is 6.57. The molecule has 0 spiro atoms. The monoisotopic (exact) mass is 370 g/mol. The number of aryl methyl sites for hydroxylation is 1. The molecule has 0 N–H and O–H groups in total. The molecule has 6 heteroatoms. The van der Waals surface area contributed by atoms with Crippen LogP contribution in [0.5, 0.6) is 0 Å². The van der Waals surface area contributed by atoms with E-state index in [-0.39, 0.29) is 11.9 Å². The van der Waals surface area contributed by atoms with Crippen molar-refractivity contribution < 1.29 is 4.39 Å². The molecule has 0 radical (unpaired) electrons. The van der Waals surface area contributed by atoms with Crippen LogP contribution in [0.25, 0.3) is 5.69 Å². The van der Waals surface area contributed by atoms with E-state index in [9.17, 15) is 4.39 Å². The maximum absolute atomic E-state index is 13.4. The number of hydrogen-bond acceptors (Lipinski definition) is 4. The van der Waals surface area contributed by atoms with Crippen molar-refractivity contribution in [2.45, 2.75) is 30.8 Å². The van der Waals surface area contributed by atoms with Crippen molar-refractivity contribution in [3.8, 4) is 5.69 Å². The highest BCUT2D eigenvalue weighted by Gasteiger charge is 2.21. The van der Waals surface area contributed by atoms with E-state index < -0.39 is 0 Å². The van der Waals surface area contributed by atoms with Crippen LogP contribution in [0.15, 0.2) is 53.7 Å². The first kappa shape index (κ1) is 18.6. The van der Waals surface area contributed by atoms with Gasteiger partial charge in [0.25, 0.3) is 0 Å². The third kappa shape index (κ3) is 4.14. The highest BCUT2D eigenvalue weighted by molar-refractivity contribution is 7.98. The summed E-state index contributed by atoms with van der Waals surface area (Å²) in [7, 11) is 4.01. The highest BCUT2D eigenvalue weighted by Crippen LogP contribution is 2.28. The quantitative estimate of drug-likeness (QED) is 0.593. The van der Waals surface area contributed by atoms with Gasteiger partial charge in [-0.05, 0) is 57.8 Å². The molecule has 1 heterocycles. The fourth-order valence-corrected chi connectivity index (χ4v) is 3.46. The largest absolute Gasteiger partial charge is 0.300 e. The van der Waals surface area contributed by atoms with Crippen molar-refractivity contribution in [1.82, 2.24) is 19.7 Å². The lowest BCUT2D eigenvalue weighted by molar-refractivity contribution is 0.305. The van der Waals surface area contributed by atoms with Gasteiger partial charge in [0, 0.05) is 11.4 Å². The van der Waals surface area contributed by atoms with Crippen LogP contribution in [-0.4, -0.2) is 33.8 Å². The fraction of sp³-hybridized carbons (Fsp3) is 0.300. The van der Waals surface area contributed by atoms with Gasteiger partial charge in [-0.3, -0.25) is 9.47 Å². The van der Waals surface area contributed by atoms with Crippen molar-refractivity contribution in [2.24, 2.45) is 0 Å². The molecule has 0 aliphatic heterocycles. The van der Waals surface area contributed by atoms with Crippen LogP contribution in [-0.2, 0) is 5.75 Å². The van der Waals surface area contributed by atoms with Crippen molar-refractivity contribution in [3.05, 3.63) is 71.3 Å². The van der Waals surface area contributed by atoms with Crippen LogP contribution in [0, 0.1) is 12.7 Å². The van der Waals surface area contributed by atoms with Gasteiger partial charge in [-0.2, -0.15) is 0 Å². The first-order valence-electron chi connectivity index (χ1n) is 8.51. The van der Waals surface area contributed by atoms with E-state index in [4.69, 9.17) is 0 Å². The number of aromatic nitrogens is 3. The lowest BCUT2D eigenvalue weighted by Crippen LogP contribution is -2.20. The van der Waals surface area contributed by atoms with E-state index >= 15 is 0 Å². The van der Waals surface area contributed by atoms with Crippen molar-refractivity contribution >= 4 is 11.8 Å². The van der Waals surface area contributed by atoms with Crippen molar-refractivity contribution in [3.63, 3.8) is 0 Å². The molecule has 3 aromatic rings. The molecule has 1 aromatic heterocycles. The van der Waals surface area contributed by atoms with Gasteiger partial charge in [0.2, 0.25) is 0 Å². The first-order valence-corrected chi connectivity index (χ1v) is 9.50. The molecule has 0 saturated carbocycles. The SMILES string of the molecule is Cc1ccc(CSc2nnc([C@@H](C)N(C)C)n2-c2ccc(F)cc2)cc1. The van der Waals surface area contributed by atoms with Gasteiger partial charge in [-0.15, -0.1) is 10.2 Å². The summed E-state index contributed by atoms with van der Waals surface area (Å²) in [5, 5.41) is 9.63. The van der Waals surface area contributed by atoms with Crippen molar-refractivity contribution in [1.29, 1.82) is 0 Å².